The SMILES string of the molecule is CC(C)(C)c1ccc(Sc2ccc(Sc3ccccc3)c3c2C(=O)c2c(Sc4ccc(C(C)(C)C)cc4)ccc(Sc4ccccc4)c2C3=O)cc1. The van der Waals surface area contributed by atoms with Crippen LogP contribution in [0.4, 0.5) is 0 Å². The molecule has 0 unspecified atom stereocenters. The van der Waals surface area contributed by atoms with E-state index < -0.39 is 0 Å². The Balaban J connectivity index is 1.39. The third-order valence-electron chi connectivity index (χ3n) is 9.00. The van der Waals surface area contributed by atoms with Crippen LogP contribution in [0.5, 0.6) is 0 Å². The molecule has 7 rings (SSSR count). The van der Waals surface area contributed by atoms with Crippen molar-refractivity contribution in [3.8, 4) is 0 Å². The highest BCUT2D eigenvalue weighted by molar-refractivity contribution is 8.00. The van der Waals surface area contributed by atoms with Gasteiger partial charge in [0.2, 0.25) is 0 Å². The maximum atomic E-state index is 15.3. The molecule has 0 amide bonds. The summed E-state index contributed by atoms with van der Waals surface area (Å²) in [5.74, 6) is -0.226. The van der Waals surface area contributed by atoms with E-state index in [4.69, 9.17) is 0 Å². The first-order valence-electron chi connectivity index (χ1n) is 17.3. The molecule has 2 nitrogen and oxygen atoms in total. The largest absolute Gasteiger partial charge is 0.288 e. The van der Waals surface area contributed by atoms with Crippen molar-refractivity contribution in [3.05, 3.63) is 167 Å². The molecule has 0 spiro atoms. The van der Waals surface area contributed by atoms with Gasteiger partial charge in [0.15, 0.2) is 11.6 Å². The first kappa shape index (κ1) is 36.4. The summed E-state index contributed by atoms with van der Waals surface area (Å²) in [4.78, 5) is 37.6. The minimum absolute atomic E-state index is 0.0291. The molecule has 0 bridgehead atoms. The lowest BCUT2D eigenvalue weighted by molar-refractivity contribution is 0.0970. The maximum absolute atomic E-state index is 15.3. The average Bonchev–Trinajstić information content (AvgIpc) is 3.12. The second-order valence-corrected chi connectivity index (χ2v) is 19.3. The Morgan fingerprint density at radius 1 is 0.327 bits per heavy atom. The lowest BCUT2D eigenvalue weighted by Crippen LogP contribution is -2.24. The highest BCUT2D eigenvalue weighted by Gasteiger charge is 2.38. The van der Waals surface area contributed by atoms with Crippen LogP contribution in [0.1, 0.15) is 84.5 Å². The molecule has 0 saturated carbocycles. The van der Waals surface area contributed by atoms with E-state index in [0.29, 0.717) is 22.3 Å². The average molecular weight is 753 g/mol. The quantitative estimate of drug-likeness (QED) is 0.154. The zero-order valence-electron chi connectivity index (χ0n) is 30.2. The van der Waals surface area contributed by atoms with Gasteiger partial charge in [0, 0.05) is 61.4 Å². The summed E-state index contributed by atoms with van der Waals surface area (Å²) in [6, 6.07) is 45.2. The Kier molecular flexibility index (Phi) is 10.4. The van der Waals surface area contributed by atoms with Crippen molar-refractivity contribution in [3.63, 3.8) is 0 Å². The fourth-order valence-corrected chi connectivity index (χ4v) is 10.0. The lowest BCUT2D eigenvalue weighted by atomic mass is 9.84. The Morgan fingerprint density at radius 2 is 0.577 bits per heavy atom. The van der Waals surface area contributed by atoms with E-state index >= 15 is 9.59 Å². The number of carbonyl (C=O) groups is 2. The minimum atomic E-state index is -0.113. The molecule has 0 fully saturated rings. The fourth-order valence-electron chi connectivity index (χ4n) is 6.15. The first-order chi connectivity index (χ1) is 24.9. The number of carbonyl (C=O) groups excluding carboxylic acids is 2. The summed E-state index contributed by atoms with van der Waals surface area (Å²) in [5.41, 5.74) is 4.47. The zero-order chi connectivity index (χ0) is 36.6. The molecule has 52 heavy (non-hydrogen) atoms. The molecule has 0 heterocycles. The molecular weight excluding hydrogens is 713 g/mol. The van der Waals surface area contributed by atoms with Crippen molar-refractivity contribution >= 4 is 58.6 Å². The van der Waals surface area contributed by atoms with Gasteiger partial charge in [-0.3, -0.25) is 9.59 Å². The Bertz CT molecular complexity index is 2100. The van der Waals surface area contributed by atoms with Crippen LogP contribution >= 0.6 is 47.0 Å². The molecule has 0 radical (unpaired) electrons. The minimum Gasteiger partial charge on any atom is -0.288 e. The number of hydrogen-bond acceptors (Lipinski definition) is 6. The first-order valence-corrected chi connectivity index (χ1v) is 20.6. The second-order valence-electron chi connectivity index (χ2n) is 14.9. The van der Waals surface area contributed by atoms with Crippen LogP contribution in [0.3, 0.4) is 0 Å². The summed E-state index contributed by atoms with van der Waals surface area (Å²) < 4.78 is 0. The van der Waals surface area contributed by atoms with Crippen molar-refractivity contribution in [2.75, 3.05) is 0 Å². The molecule has 6 aromatic rings. The van der Waals surface area contributed by atoms with Gasteiger partial charge < -0.3 is 0 Å². The van der Waals surface area contributed by atoms with Gasteiger partial charge in [-0.25, -0.2) is 0 Å². The van der Waals surface area contributed by atoms with Gasteiger partial charge in [0.25, 0.3) is 0 Å². The van der Waals surface area contributed by atoms with Gasteiger partial charge in [-0.1, -0.05) is 149 Å². The number of ketones is 2. The topological polar surface area (TPSA) is 34.1 Å². The van der Waals surface area contributed by atoms with Crippen molar-refractivity contribution in [2.24, 2.45) is 0 Å². The molecule has 6 aromatic carbocycles. The number of benzene rings is 6. The molecule has 1 aliphatic carbocycles. The van der Waals surface area contributed by atoms with E-state index in [2.05, 4.69) is 90.1 Å². The smallest absolute Gasteiger partial charge is 0.196 e. The standard InChI is InChI=1S/C46H40O2S4/c1-45(2,3)29-17-21-33(22-18-29)51-37-27-25-35(49-31-13-9-7-10-14-31)39-41(37)44(48)42-38(52-34-23-19-30(20-24-34)46(4,5)6)28-26-36(40(42)43(39)47)50-32-15-11-8-12-16-32/h7-28H,1-6H3. The van der Waals surface area contributed by atoms with Crippen molar-refractivity contribution in [1.82, 2.24) is 0 Å². The van der Waals surface area contributed by atoms with Crippen LogP contribution in [0, 0.1) is 0 Å². The Labute approximate surface area is 324 Å². The van der Waals surface area contributed by atoms with Crippen LogP contribution in [0.25, 0.3) is 0 Å². The third-order valence-corrected chi connectivity index (χ3v) is 13.3. The Morgan fingerprint density at radius 3 is 0.827 bits per heavy atom. The van der Waals surface area contributed by atoms with E-state index in [-0.39, 0.29) is 22.4 Å². The van der Waals surface area contributed by atoms with Gasteiger partial charge in [0.05, 0.1) is 0 Å². The highest BCUT2D eigenvalue weighted by Crippen LogP contribution is 2.48. The van der Waals surface area contributed by atoms with Gasteiger partial charge in [-0.15, -0.1) is 0 Å². The monoisotopic (exact) mass is 752 g/mol. The summed E-state index contributed by atoms with van der Waals surface area (Å²) in [6.45, 7) is 13.2. The van der Waals surface area contributed by atoms with Crippen LogP contribution in [0.15, 0.2) is 173 Å². The van der Waals surface area contributed by atoms with Crippen molar-refractivity contribution < 1.29 is 9.59 Å². The molecular formula is C46H40O2S4. The van der Waals surface area contributed by atoms with E-state index in [1.807, 2.05) is 84.9 Å². The Hall–Kier alpha value is -3.94. The van der Waals surface area contributed by atoms with Crippen LogP contribution in [-0.2, 0) is 10.8 Å². The molecule has 0 N–H and O–H groups in total. The highest BCUT2D eigenvalue weighted by atomic mass is 32.2. The van der Waals surface area contributed by atoms with Crippen LogP contribution in [0.2, 0.25) is 0 Å². The van der Waals surface area contributed by atoms with Crippen molar-refractivity contribution in [1.29, 1.82) is 0 Å². The molecule has 0 saturated heterocycles. The molecule has 0 atom stereocenters. The molecule has 1 aliphatic rings. The van der Waals surface area contributed by atoms with Gasteiger partial charge >= 0.3 is 0 Å². The van der Waals surface area contributed by atoms with Gasteiger partial charge in [-0.2, -0.15) is 0 Å². The van der Waals surface area contributed by atoms with Gasteiger partial charge in [-0.05, 0) is 94.8 Å². The van der Waals surface area contributed by atoms with Crippen LogP contribution in [-0.4, -0.2) is 11.6 Å². The normalized spacial score (nSPS) is 12.8. The lowest BCUT2D eigenvalue weighted by Gasteiger charge is -2.26. The fraction of sp³-hybridized carbons (Fsp3) is 0.174. The number of hydrogen-bond donors (Lipinski definition) is 0. The van der Waals surface area contributed by atoms with Crippen LogP contribution < -0.4 is 0 Å². The number of rotatable bonds is 8. The van der Waals surface area contributed by atoms with E-state index in [1.165, 1.54) is 34.7 Å². The predicted octanol–water partition coefficient (Wildman–Crippen LogP) is 13.7. The summed E-state index contributed by atoms with van der Waals surface area (Å²) in [7, 11) is 0. The molecule has 0 aromatic heterocycles. The van der Waals surface area contributed by atoms with Crippen molar-refractivity contribution in [2.45, 2.75) is 91.5 Å². The predicted molar refractivity (Wildman–Crippen MR) is 219 cm³/mol. The van der Waals surface area contributed by atoms with Gasteiger partial charge in [0.1, 0.15) is 0 Å². The molecule has 0 aliphatic heterocycles. The summed E-state index contributed by atoms with van der Waals surface area (Å²) >= 11 is 6.14. The third kappa shape index (κ3) is 7.72. The van der Waals surface area contributed by atoms with E-state index in [0.717, 1.165) is 39.2 Å². The summed E-state index contributed by atoms with van der Waals surface area (Å²) in [5, 5.41) is 0. The van der Waals surface area contributed by atoms with E-state index in [1.54, 1.807) is 23.5 Å². The molecule has 6 heteroatoms. The number of fused-ring (bicyclic) bond motifs is 2. The maximum Gasteiger partial charge on any atom is 0.196 e. The molecule has 260 valence electrons. The second kappa shape index (κ2) is 14.8. The zero-order valence-corrected chi connectivity index (χ0v) is 33.4. The summed E-state index contributed by atoms with van der Waals surface area (Å²) in [6.07, 6.45) is 0. The van der Waals surface area contributed by atoms with E-state index in [9.17, 15) is 0 Å².